The van der Waals surface area contributed by atoms with Crippen molar-refractivity contribution in [1.82, 2.24) is 0 Å². The van der Waals surface area contributed by atoms with Crippen molar-refractivity contribution >= 4 is 11.8 Å². The molecule has 0 atom stereocenters. The van der Waals surface area contributed by atoms with Crippen molar-refractivity contribution in [3.63, 3.8) is 0 Å². The van der Waals surface area contributed by atoms with Crippen LogP contribution in [0, 0.1) is 0 Å². The van der Waals surface area contributed by atoms with E-state index in [4.69, 9.17) is 0 Å². The summed E-state index contributed by atoms with van der Waals surface area (Å²) in [6.07, 6.45) is -4.93. The summed E-state index contributed by atoms with van der Waals surface area (Å²) in [7, 11) is 0. The summed E-state index contributed by atoms with van der Waals surface area (Å²) in [5, 5.41) is 9.19. The molecule has 2 aromatic rings. The molecule has 0 heterocycles. The van der Waals surface area contributed by atoms with Gasteiger partial charge in [-0.3, -0.25) is 4.79 Å². The summed E-state index contributed by atoms with van der Waals surface area (Å²) in [4.78, 5) is 23.7. The van der Waals surface area contributed by atoms with Crippen molar-refractivity contribution in [3.05, 3.63) is 59.2 Å². The molecule has 0 fully saturated rings. The van der Waals surface area contributed by atoms with Gasteiger partial charge in [-0.15, -0.1) is 13.2 Å². The van der Waals surface area contributed by atoms with Gasteiger partial charge >= 0.3 is 12.3 Å². The Morgan fingerprint density at radius 1 is 1.00 bits per heavy atom. The molecule has 2 aromatic carbocycles. The fourth-order valence-electron chi connectivity index (χ4n) is 2.04. The van der Waals surface area contributed by atoms with Gasteiger partial charge < -0.3 is 14.6 Å². The summed E-state index contributed by atoms with van der Waals surface area (Å²) in [6, 6.07) is 7.43. The molecule has 0 saturated carbocycles. The Hall–Kier alpha value is -3.10. The highest BCUT2D eigenvalue weighted by Gasteiger charge is 2.31. The van der Waals surface area contributed by atoms with E-state index in [0.717, 1.165) is 30.3 Å². The van der Waals surface area contributed by atoms with Crippen LogP contribution in [-0.2, 0) is 0 Å². The molecule has 0 spiro atoms. The van der Waals surface area contributed by atoms with E-state index in [2.05, 4.69) is 9.47 Å². The SMILES string of the molecule is O=C(O)c1cc(OCF)ccc1C(=O)c1cccc(OC(F)(F)F)c1. The van der Waals surface area contributed by atoms with Gasteiger partial charge in [-0.2, -0.15) is 0 Å². The van der Waals surface area contributed by atoms with E-state index >= 15 is 0 Å². The predicted octanol–water partition coefficient (Wildman–Crippen LogP) is 3.82. The van der Waals surface area contributed by atoms with Gasteiger partial charge in [-0.25, -0.2) is 9.18 Å². The number of halogens is 4. The maximum atomic E-state index is 12.4. The van der Waals surface area contributed by atoms with Crippen LogP contribution in [-0.4, -0.2) is 30.1 Å². The second-order valence-corrected chi connectivity index (χ2v) is 4.67. The number of carboxylic acid groups (broad SMARTS) is 1. The minimum Gasteiger partial charge on any atom is -0.478 e. The molecule has 0 bridgehead atoms. The Morgan fingerprint density at radius 2 is 1.72 bits per heavy atom. The third-order valence-electron chi connectivity index (χ3n) is 3.02. The lowest BCUT2D eigenvalue weighted by molar-refractivity contribution is -0.274. The number of aromatic carboxylic acids is 1. The highest BCUT2D eigenvalue weighted by molar-refractivity contribution is 6.14. The van der Waals surface area contributed by atoms with E-state index in [9.17, 15) is 32.3 Å². The van der Waals surface area contributed by atoms with Gasteiger partial charge in [0.2, 0.25) is 6.86 Å². The van der Waals surface area contributed by atoms with Gasteiger partial charge in [0.25, 0.3) is 0 Å². The number of carboxylic acids is 1. The van der Waals surface area contributed by atoms with Gasteiger partial charge in [0.05, 0.1) is 5.56 Å². The summed E-state index contributed by atoms with van der Waals surface area (Å²) in [5.74, 6) is -3.04. The van der Waals surface area contributed by atoms with Gasteiger partial charge in [-0.1, -0.05) is 12.1 Å². The van der Waals surface area contributed by atoms with Crippen LogP contribution in [0.2, 0.25) is 0 Å². The number of carbonyl (C=O) groups excluding carboxylic acids is 1. The van der Waals surface area contributed by atoms with Crippen molar-refractivity contribution in [2.24, 2.45) is 0 Å². The van der Waals surface area contributed by atoms with Gasteiger partial charge in [-0.05, 0) is 30.3 Å². The highest BCUT2D eigenvalue weighted by Crippen LogP contribution is 2.26. The van der Waals surface area contributed by atoms with Crippen LogP contribution in [0.4, 0.5) is 17.6 Å². The number of alkyl halides is 4. The minimum absolute atomic E-state index is 0.106. The van der Waals surface area contributed by atoms with Crippen LogP contribution < -0.4 is 9.47 Å². The van der Waals surface area contributed by atoms with Crippen LogP contribution in [0.15, 0.2) is 42.5 Å². The normalized spacial score (nSPS) is 11.0. The van der Waals surface area contributed by atoms with Crippen LogP contribution in [0.5, 0.6) is 11.5 Å². The van der Waals surface area contributed by atoms with Crippen LogP contribution in [0.1, 0.15) is 26.3 Å². The average Bonchev–Trinajstić information content (AvgIpc) is 2.53. The van der Waals surface area contributed by atoms with E-state index in [1.165, 1.54) is 12.1 Å². The highest BCUT2D eigenvalue weighted by atomic mass is 19.4. The number of hydrogen-bond donors (Lipinski definition) is 1. The molecule has 1 N–H and O–H groups in total. The van der Waals surface area contributed by atoms with Crippen LogP contribution >= 0.6 is 0 Å². The topological polar surface area (TPSA) is 72.8 Å². The number of rotatable bonds is 6. The Kier molecular flexibility index (Phi) is 5.26. The summed E-state index contributed by atoms with van der Waals surface area (Å²) < 4.78 is 57.2. The predicted molar refractivity (Wildman–Crippen MR) is 76.6 cm³/mol. The van der Waals surface area contributed by atoms with Crippen molar-refractivity contribution in [3.8, 4) is 11.5 Å². The molecular weight excluding hydrogens is 348 g/mol. The average molecular weight is 358 g/mol. The molecule has 0 aliphatic rings. The lowest BCUT2D eigenvalue weighted by Crippen LogP contribution is -2.17. The maximum absolute atomic E-state index is 12.4. The molecule has 0 aliphatic carbocycles. The summed E-state index contributed by atoms with van der Waals surface area (Å²) in [6.45, 7) is -1.19. The first kappa shape index (κ1) is 18.2. The third kappa shape index (κ3) is 4.69. The fraction of sp³-hybridized carbons (Fsp3) is 0.125. The zero-order valence-electron chi connectivity index (χ0n) is 12.3. The zero-order chi connectivity index (χ0) is 18.6. The minimum atomic E-state index is -4.93. The molecule has 25 heavy (non-hydrogen) atoms. The zero-order valence-corrected chi connectivity index (χ0v) is 12.3. The Morgan fingerprint density at radius 3 is 2.32 bits per heavy atom. The van der Waals surface area contributed by atoms with Crippen molar-refractivity contribution < 1.29 is 41.7 Å². The molecule has 0 aliphatic heterocycles. The molecule has 0 amide bonds. The quantitative estimate of drug-likeness (QED) is 0.628. The lowest BCUT2D eigenvalue weighted by Gasteiger charge is -2.11. The number of benzene rings is 2. The molecule has 0 aromatic heterocycles. The third-order valence-corrected chi connectivity index (χ3v) is 3.02. The number of ketones is 1. The molecule has 2 rings (SSSR count). The maximum Gasteiger partial charge on any atom is 0.573 e. The molecule has 0 radical (unpaired) electrons. The summed E-state index contributed by atoms with van der Waals surface area (Å²) in [5.41, 5.74) is -0.968. The first-order valence-corrected chi connectivity index (χ1v) is 6.68. The second kappa shape index (κ2) is 7.20. The molecule has 5 nitrogen and oxygen atoms in total. The molecular formula is C16H10F4O5. The smallest absolute Gasteiger partial charge is 0.478 e. The van der Waals surface area contributed by atoms with Crippen LogP contribution in [0.3, 0.4) is 0 Å². The van der Waals surface area contributed by atoms with E-state index in [1.807, 2.05) is 0 Å². The number of ether oxygens (including phenoxy) is 2. The first-order valence-electron chi connectivity index (χ1n) is 6.68. The van der Waals surface area contributed by atoms with E-state index in [0.29, 0.717) is 0 Å². The Labute approximate surface area is 138 Å². The van der Waals surface area contributed by atoms with Gasteiger partial charge in [0.15, 0.2) is 5.78 Å². The first-order chi connectivity index (χ1) is 11.7. The van der Waals surface area contributed by atoms with Crippen molar-refractivity contribution in [2.75, 3.05) is 6.86 Å². The molecule has 132 valence electrons. The Balaban J connectivity index is 2.40. The summed E-state index contributed by atoms with van der Waals surface area (Å²) >= 11 is 0. The van der Waals surface area contributed by atoms with Crippen molar-refractivity contribution in [2.45, 2.75) is 6.36 Å². The van der Waals surface area contributed by atoms with Crippen LogP contribution in [0.25, 0.3) is 0 Å². The van der Waals surface area contributed by atoms with Crippen molar-refractivity contribution in [1.29, 1.82) is 0 Å². The van der Waals surface area contributed by atoms with Gasteiger partial charge in [0.1, 0.15) is 11.5 Å². The molecule has 0 unspecified atom stereocenters. The monoisotopic (exact) mass is 358 g/mol. The molecule has 9 heteroatoms. The fourth-order valence-corrected chi connectivity index (χ4v) is 2.04. The van der Waals surface area contributed by atoms with E-state index in [-0.39, 0.29) is 16.9 Å². The Bertz CT molecular complexity index is 801. The standard InChI is InChI=1S/C16H10F4O5/c17-8-24-10-4-5-12(13(7-10)15(22)23)14(21)9-2-1-3-11(6-9)25-16(18,19)20/h1-7H,8H2,(H,22,23). The lowest BCUT2D eigenvalue weighted by atomic mass is 9.98. The number of hydrogen-bond acceptors (Lipinski definition) is 4. The van der Waals surface area contributed by atoms with E-state index < -0.39 is 36.3 Å². The second-order valence-electron chi connectivity index (χ2n) is 4.67. The van der Waals surface area contributed by atoms with Gasteiger partial charge in [0, 0.05) is 11.1 Å². The largest absolute Gasteiger partial charge is 0.573 e. The molecule has 0 saturated heterocycles. The number of carbonyl (C=O) groups is 2. The van der Waals surface area contributed by atoms with E-state index in [1.54, 1.807) is 0 Å².